The lowest BCUT2D eigenvalue weighted by Crippen LogP contribution is -2.69. The Morgan fingerprint density at radius 1 is 1.11 bits per heavy atom. The maximum atomic E-state index is 11.9. The van der Waals surface area contributed by atoms with Gasteiger partial charge in [-0.3, -0.25) is 9.69 Å². The smallest absolute Gasteiger partial charge is 0.324 e. The summed E-state index contributed by atoms with van der Waals surface area (Å²) >= 11 is 0. The average molecular weight is 265 g/mol. The van der Waals surface area contributed by atoms with Gasteiger partial charge in [0.05, 0.1) is 0 Å². The number of carbonyl (C=O) groups is 1. The van der Waals surface area contributed by atoms with Gasteiger partial charge in [0.2, 0.25) is 0 Å². The van der Waals surface area contributed by atoms with Gasteiger partial charge in [0, 0.05) is 13.1 Å². The van der Waals surface area contributed by atoms with Crippen molar-refractivity contribution in [2.75, 3.05) is 13.1 Å². The molecule has 3 heteroatoms. The number of aliphatic carboxylic acids is 1. The number of hydrogen-bond donors (Lipinski definition) is 1. The second kappa shape index (κ2) is 4.76. The Bertz CT molecular complexity index is 354. The first-order chi connectivity index (χ1) is 9.06. The highest BCUT2D eigenvalue weighted by Crippen LogP contribution is 2.49. The molecule has 2 atom stereocenters. The van der Waals surface area contributed by atoms with Gasteiger partial charge in [-0.1, -0.05) is 39.0 Å². The van der Waals surface area contributed by atoms with E-state index in [1.54, 1.807) is 0 Å². The summed E-state index contributed by atoms with van der Waals surface area (Å²) in [6, 6.07) is 0. The van der Waals surface area contributed by atoms with Crippen LogP contribution in [-0.2, 0) is 4.79 Å². The summed E-state index contributed by atoms with van der Waals surface area (Å²) in [5.74, 6) is -0.00235. The van der Waals surface area contributed by atoms with Crippen LogP contribution >= 0.6 is 0 Å². The second-order valence-electron chi connectivity index (χ2n) is 7.45. The van der Waals surface area contributed by atoms with Crippen LogP contribution in [0.2, 0.25) is 0 Å². The van der Waals surface area contributed by atoms with E-state index in [0.29, 0.717) is 11.3 Å². The molecule has 19 heavy (non-hydrogen) atoms. The summed E-state index contributed by atoms with van der Waals surface area (Å²) in [5, 5.41) is 9.79. The van der Waals surface area contributed by atoms with Crippen molar-refractivity contribution in [2.45, 2.75) is 70.3 Å². The summed E-state index contributed by atoms with van der Waals surface area (Å²) in [6.07, 6.45) is 10.7. The van der Waals surface area contributed by atoms with Crippen molar-refractivity contribution >= 4 is 5.97 Å². The Hall–Kier alpha value is -0.570. The fraction of sp³-hybridized carbons (Fsp3) is 0.938. The van der Waals surface area contributed by atoms with Crippen LogP contribution < -0.4 is 0 Å². The number of carboxylic acid groups (broad SMARTS) is 1. The van der Waals surface area contributed by atoms with Gasteiger partial charge in [-0.05, 0) is 37.0 Å². The normalized spacial score (nSPS) is 38.9. The van der Waals surface area contributed by atoms with Gasteiger partial charge in [0.1, 0.15) is 5.54 Å². The maximum absolute atomic E-state index is 11.9. The predicted octanol–water partition coefficient (Wildman–Crippen LogP) is 3.29. The second-order valence-corrected chi connectivity index (χ2v) is 7.45. The molecule has 3 fully saturated rings. The summed E-state index contributed by atoms with van der Waals surface area (Å²) in [7, 11) is 0. The molecule has 2 unspecified atom stereocenters. The zero-order valence-corrected chi connectivity index (χ0v) is 12.2. The van der Waals surface area contributed by atoms with E-state index in [0.717, 1.165) is 32.4 Å². The standard InChI is InChI=1S/C16H27NO2/c1-13-6-5-9-16(10-13,14(18)19)17-11-15(12-17)7-3-2-4-8-15/h13H,2-12H2,1H3,(H,18,19). The van der Waals surface area contributed by atoms with Gasteiger partial charge in [0.15, 0.2) is 0 Å². The maximum Gasteiger partial charge on any atom is 0.324 e. The SMILES string of the molecule is CC1CCCC(C(=O)O)(N2CC3(CCCCC3)C2)C1. The van der Waals surface area contributed by atoms with Gasteiger partial charge in [-0.15, -0.1) is 0 Å². The molecule has 1 N–H and O–H groups in total. The molecule has 3 rings (SSSR count). The predicted molar refractivity (Wildman–Crippen MR) is 75.1 cm³/mol. The third kappa shape index (κ3) is 2.20. The minimum atomic E-state index is -0.565. The molecule has 0 amide bonds. The monoisotopic (exact) mass is 265 g/mol. The fourth-order valence-corrected chi connectivity index (χ4v) is 4.82. The van der Waals surface area contributed by atoms with Gasteiger partial charge in [-0.25, -0.2) is 0 Å². The first-order valence-corrected chi connectivity index (χ1v) is 8.05. The van der Waals surface area contributed by atoms with Crippen LogP contribution in [0.5, 0.6) is 0 Å². The van der Waals surface area contributed by atoms with Crippen molar-refractivity contribution in [3.05, 3.63) is 0 Å². The zero-order valence-electron chi connectivity index (χ0n) is 12.2. The van der Waals surface area contributed by atoms with E-state index >= 15 is 0 Å². The van der Waals surface area contributed by atoms with Crippen molar-refractivity contribution < 1.29 is 9.90 Å². The van der Waals surface area contributed by atoms with E-state index < -0.39 is 11.5 Å². The van der Waals surface area contributed by atoms with Crippen LogP contribution in [0.4, 0.5) is 0 Å². The summed E-state index contributed by atoms with van der Waals surface area (Å²) in [4.78, 5) is 14.2. The Kier molecular flexibility index (Phi) is 3.36. The molecule has 1 spiro atoms. The molecule has 0 aromatic heterocycles. The van der Waals surface area contributed by atoms with Gasteiger partial charge < -0.3 is 5.11 Å². The fourth-order valence-electron chi connectivity index (χ4n) is 4.82. The highest BCUT2D eigenvalue weighted by atomic mass is 16.4. The molecule has 1 heterocycles. The molecule has 0 radical (unpaired) electrons. The van der Waals surface area contributed by atoms with Crippen molar-refractivity contribution in [3.63, 3.8) is 0 Å². The Balaban J connectivity index is 1.71. The molecule has 0 aromatic carbocycles. The van der Waals surface area contributed by atoms with Gasteiger partial charge in [0.25, 0.3) is 0 Å². The van der Waals surface area contributed by atoms with Crippen LogP contribution in [0, 0.1) is 11.3 Å². The van der Waals surface area contributed by atoms with Crippen molar-refractivity contribution in [1.82, 2.24) is 4.90 Å². The lowest BCUT2D eigenvalue weighted by atomic mass is 9.64. The number of rotatable bonds is 2. The average Bonchev–Trinajstić information content (AvgIpc) is 2.36. The number of hydrogen-bond acceptors (Lipinski definition) is 2. The molecule has 3 aliphatic rings. The quantitative estimate of drug-likeness (QED) is 0.833. The van der Waals surface area contributed by atoms with E-state index in [1.807, 2.05) is 0 Å². The van der Waals surface area contributed by atoms with Crippen LogP contribution in [0.25, 0.3) is 0 Å². The third-order valence-corrected chi connectivity index (χ3v) is 5.94. The minimum absolute atomic E-state index is 0.487. The van der Waals surface area contributed by atoms with Crippen LogP contribution in [-0.4, -0.2) is 34.6 Å². The highest BCUT2D eigenvalue weighted by molar-refractivity contribution is 5.79. The third-order valence-electron chi connectivity index (χ3n) is 5.94. The van der Waals surface area contributed by atoms with Crippen molar-refractivity contribution in [1.29, 1.82) is 0 Å². The molecule has 1 saturated heterocycles. The molecule has 2 saturated carbocycles. The van der Waals surface area contributed by atoms with E-state index in [1.165, 1.54) is 38.5 Å². The van der Waals surface area contributed by atoms with Crippen LogP contribution in [0.15, 0.2) is 0 Å². The Morgan fingerprint density at radius 3 is 2.37 bits per heavy atom. The first kappa shape index (κ1) is 13.4. The lowest BCUT2D eigenvalue weighted by molar-refractivity contribution is -0.172. The van der Waals surface area contributed by atoms with E-state index in [4.69, 9.17) is 0 Å². The first-order valence-electron chi connectivity index (χ1n) is 8.05. The summed E-state index contributed by atoms with van der Waals surface area (Å²) in [5.41, 5.74) is -0.0399. The van der Waals surface area contributed by atoms with Crippen molar-refractivity contribution in [3.8, 4) is 0 Å². The molecular weight excluding hydrogens is 238 g/mol. The van der Waals surface area contributed by atoms with Crippen molar-refractivity contribution in [2.24, 2.45) is 11.3 Å². The summed E-state index contributed by atoms with van der Waals surface area (Å²) in [6.45, 7) is 4.31. The Labute approximate surface area is 116 Å². The molecule has 108 valence electrons. The highest BCUT2D eigenvalue weighted by Gasteiger charge is 2.55. The molecule has 0 bridgehead atoms. The van der Waals surface area contributed by atoms with Gasteiger partial charge >= 0.3 is 5.97 Å². The van der Waals surface area contributed by atoms with E-state index in [-0.39, 0.29) is 0 Å². The number of carboxylic acids is 1. The largest absolute Gasteiger partial charge is 0.480 e. The molecule has 3 nitrogen and oxygen atoms in total. The van der Waals surface area contributed by atoms with Crippen LogP contribution in [0.3, 0.4) is 0 Å². The Morgan fingerprint density at radius 2 is 1.79 bits per heavy atom. The summed E-state index contributed by atoms with van der Waals surface area (Å²) < 4.78 is 0. The molecule has 2 aliphatic carbocycles. The van der Waals surface area contributed by atoms with E-state index in [9.17, 15) is 9.90 Å². The minimum Gasteiger partial charge on any atom is -0.480 e. The lowest BCUT2D eigenvalue weighted by Gasteiger charge is -2.59. The molecular formula is C16H27NO2. The zero-order chi connectivity index (χ0) is 13.5. The number of likely N-dealkylation sites (tertiary alicyclic amines) is 1. The topological polar surface area (TPSA) is 40.5 Å². The molecule has 1 aliphatic heterocycles. The number of nitrogens with zero attached hydrogens (tertiary/aromatic N) is 1. The van der Waals surface area contributed by atoms with Crippen LogP contribution in [0.1, 0.15) is 64.7 Å². The van der Waals surface area contributed by atoms with E-state index in [2.05, 4.69) is 11.8 Å². The molecule has 0 aromatic rings. The van der Waals surface area contributed by atoms with Gasteiger partial charge in [-0.2, -0.15) is 0 Å².